The average molecular weight is 268 g/mol. The summed E-state index contributed by atoms with van der Waals surface area (Å²) >= 11 is 0. The minimum absolute atomic E-state index is 0.0885. The van der Waals surface area contributed by atoms with Gasteiger partial charge in [-0.15, -0.1) is 0 Å². The largest absolute Gasteiger partial charge is 0.467 e. The van der Waals surface area contributed by atoms with Crippen LogP contribution in [-0.4, -0.2) is 54.7 Å². The molecule has 1 heterocycles. The normalized spacial score (nSPS) is 9.89. The van der Waals surface area contributed by atoms with E-state index in [9.17, 15) is 4.79 Å². The highest BCUT2D eigenvalue weighted by Crippen LogP contribution is 2.13. The summed E-state index contributed by atoms with van der Waals surface area (Å²) in [6.45, 7) is 5.26. The average Bonchev–Trinajstić information content (AvgIpc) is 2.38. The van der Waals surface area contributed by atoms with E-state index in [-0.39, 0.29) is 18.5 Å². The summed E-state index contributed by atoms with van der Waals surface area (Å²) in [5, 5.41) is 5.70. The number of hydrogen-bond donors (Lipinski definition) is 2. The van der Waals surface area contributed by atoms with E-state index in [4.69, 9.17) is 4.74 Å². The van der Waals surface area contributed by atoms with Crippen molar-refractivity contribution in [1.29, 1.82) is 0 Å². The summed E-state index contributed by atoms with van der Waals surface area (Å²) in [5.41, 5.74) is 0. The Hall–Kier alpha value is -2.12. The smallest absolute Gasteiger partial charge is 0.322 e. The van der Waals surface area contributed by atoms with Crippen LogP contribution in [0.1, 0.15) is 13.8 Å². The van der Waals surface area contributed by atoms with Crippen LogP contribution >= 0.6 is 0 Å². The van der Waals surface area contributed by atoms with Crippen molar-refractivity contribution < 1.29 is 9.53 Å². The number of nitrogens with zero attached hydrogens (tertiary/aromatic N) is 4. The number of rotatable bonds is 7. The predicted molar refractivity (Wildman–Crippen MR) is 72.5 cm³/mol. The summed E-state index contributed by atoms with van der Waals surface area (Å²) in [4.78, 5) is 25.5. The molecule has 1 amide bonds. The molecule has 106 valence electrons. The van der Waals surface area contributed by atoms with Gasteiger partial charge in [0.05, 0.1) is 13.7 Å². The highest BCUT2D eigenvalue weighted by Gasteiger charge is 2.13. The minimum Gasteiger partial charge on any atom is -0.467 e. The zero-order valence-corrected chi connectivity index (χ0v) is 11.7. The molecule has 0 saturated heterocycles. The second-order valence-electron chi connectivity index (χ2n) is 3.79. The molecule has 8 nitrogen and oxygen atoms in total. The van der Waals surface area contributed by atoms with Crippen LogP contribution in [0.15, 0.2) is 0 Å². The zero-order valence-electron chi connectivity index (χ0n) is 11.7. The third-order valence-corrected chi connectivity index (χ3v) is 2.22. The summed E-state index contributed by atoms with van der Waals surface area (Å²) in [7, 11) is 3.22. The predicted octanol–water partition coefficient (Wildman–Crippen LogP) is -0.116. The highest BCUT2D eigenvalue weighted by molar-refractivity contribution is 5.80. The van der Waals surface area contributed by atoms with Crippen molar-refractivity contribution in [3.05, 3.63) is 0 Å². The quantitative estimate of drug-likeness (QED) is 0.712. The van der Waals surface area contributed by atoms with E-state index >= 15 is 0 Å². The second-order valence-corrected chi connectivity index (χ2v) is 3.79. The lowest BCUT2D eigenvalue weighted by atomic mass is 10.5. The molecular weight excluding hydrogens is 248 g/mol. The van der Waals surface area contributed by atoms with Crippen LogP contribution in [0, 0.1) is 0 Å². The lowest BCUT2D eigenvalue weighted by Crippen LogP contribution is -2.35. The number of carbonyl (C=O) groups is 1. The van der Waals surface area contributed by atoms with Gasteiger partial charge in [0.25, 0.3) is 0 Å². The summed E-state index contributed by atoms with van der Waals surface area (Å²) in [6, 6.07) is 0.212. The lowest BCUT2D eigenvalue weighted by molar-refractivity contribution is -0.119. The van der Waals surface area contributed by atoms with Gasteiger partial charge in [-0.25, -0.2) is 0 Å². The van der Waals surface area contributed by atoms with E-state index in [0.717, 1.165) is 0 Å². The number of anilines is 2. The molecule has 0 unspecified atom stereocenters. The molecule has 0 radical (unpaired) electrons. The Labute approximate surface area is 112 Å². The van der Waals surface area contributed by atoms with Gasteiger partial charge in [0, 0.05) is 20.1 Å². The number of hydrogen-bond acceptors (Lipinski definition) is 7. The van der Waals surface area contributed by atoms with Gasteiger partial charge in [0.15, 0.2) is 0 Å². The standard InChI is InChI=1S/C11H20N6O2/c1-5-12-8(18)7-17(3)10-14-9(13-6-2)15-11(16-10)19-4/h5-7H2,1-4H3,(H,12,18)(H,13,14,15,16). The summed E-state index contributed by atoms with van der Waals surface area (Å²) in [6.07, 6.45) is 0. The van der Waals surface area contributed by atoms with Crippen molar-refractivity contribution in [2.75, 3.05) is 44.0 Å². The maximum absolute atomic E-state index is 11.5. The summed E-state index contributed by atoms with van der Waals surface area (Å²) in [5.74, 6) is 0.718. The Kier molecular flexibility index (Phi) is 5.77. The third kappa shape index (κ3) is 4.57. The van der Waals surface area contributed by atoms with Crippen molar-refractivity contribution >= 4 is 17.8 Å². The maximum Gasteiger partial charge on any atom is 0.322 e. The van der Waals surface area contributed by atoms with Gasteiger partial charge in [-0.1, -0.05) is 0 Å². The fourth-order valence-electron chi connectivity index (χ4n) is 1.38. The van der Waals surface area contributed by atoms with Gasteiger partial charge in [-0.3, -0.25) is 4.79 Å². The van der Waals surface area contributed by atoms with Gasteiger partial charge < -0.3 is 20.3 Å². The molecule has 0 aliphatic carbocycles. The molecule has 2 N–H and O–H groups in total. The molecule has 0 aliphatic rings. The van der Waals surface area contributed by atoms with E-state index in [1.165, 1.54) is 7.11 Å². The third-order valence-electron chi connectivity index (χ3n) is 2.22. The maximum atomic E-state index is 11.5. The first-order chi connectivity index (χ1) is 9.10. The van der Waals surface area contributed by atoms with Crippen LogP contribution in [0.25, 0.3) is 0 Å². The number of aromatic nitrogens is 3. The van der Waals surface area contributed by atoms with Gasteiger partial charge >= 0.3 is 6.01 Å². The van der Waals surface area contributed by atoms with Gasteiger partial charge in [0.1, 0.15) is 0 Å². The molecule has 19 heavy (non-hydrogen) atoms. The van der Waals surface area contributed by atoms with E-state index in [2.05, 4.69) is 25.6 Å². The molecular formula is C11H20N6O2. The van der Waals surface area contributed by atoms with Crippen LogP contribution in [-0.2, 0) is 4.79 Å². The number of likely N-dealkylation sites (N-methyl/N-ethyl adjacent to an activating group) is 2. The first kappa shape index (κ1) is 14.9. The van der Waals surface area contributed by atoms with Gasteiger partial charge in [0.2, 0.25) is 17.8 Å². The highest BCUT2D eigenvalue weighted by atomic mass is 16.5. The molecule has 1 rings (SSSR count). The molecule has 0 atom stereocenters. The molecule has 0 fully saturated rings. The molecule has 0 aliphatic heterocycles. The number of nitrogens with one attached hydrogen (secondary N) is 2. The Morgan fingerprint density at radius 1 is 1.26 bits per heavy atom. The molecule has 0 aromatic carbocycles. The van der Waals surface area contributed by atoms with Crippen LogP contribution in [0.3, 0.4) is 0 Å². The van der Waals surface area contributed by atoms with Gasteiger partial charge in [-0.05, 0) is 13.8 Å². The van der Waals surface area contributed by atoms with E-state index in [1.807, 2.05) is 13.8 Å². The Morgan fingerprint density at radius 3 is 2.58 bits per heavy atom. The number of carbonyl (C=O) groups excluding carboxylic acids is 1. The van der Waals surface area contributed by atoms with E-state index in [1.54, 1.807) is 11.9 Å². The topological polar surface area (TPSA) is 92.3 Å². The lowest BCUT2D eigenvalue weighted by Gasteiger charge is -2.17. The summed E-state index contributed by atoms with van der Waals surface area (Å²) < 4.78 is 5.02. The van der Waals surface area contributed by atoms with Crippen LogP contribution in [0.4, 0.5) is 11.9 Å². The molecule has 0 saturated carbocycles. The van der Waals surface area contributed by atoms with Crippen LogP contribution in [0.5, 0.6) is 6.01 Å². The Balaban J connectivity index is 2.85. The SMILES string of the molecule is CCNC(=O)CN(C)c1nc(NCC)nc(OC)n1. The monoisotopic (exact) mass is 268 g/mol. The van der Waals surface area contributed by atoms with Crippen molar-refractivity contribution in [2.45, 2.75) is 13.8 Å². The van der Waals surface area contributed by atoms with Crippen molar-refractivity contribution in [3.63, 3.8) is 0 Å². The molecule has 0 bridgehead atoms. The molecule has 1 aromatic rings. The van der Waals surface area contributed by atoms with Crippen molar-refractivity contribution in [1.82, 2.24) is 20.3 Å². The molecule has 0 spiro atoms. The number of methoxy groups -OCH3 is 1. The number of ether oxygens (including phenoxy) is 1. The van der Waals surface area contributed by atoms with Crippen LogP contribution in [0.2, 0.25) is 0 Å². The minimum atomic E-state index is -0.0885. The zero-order chi connectivity index (χ0) is 14.3. The van der Waals surface area contributed by atoms with Gasteiger partial charge in [-0.2, -0.15) is 15.0 Å². The number of amides is 1. The van der Waals surface area contributed by atoms with Crippen molar-refractivity contribution in [2.24, 2.45) is 0 Å². The second kappa shape index (κ2) is 7.34. The van der Waals surface area contributed by atoms with Crippen molar-refractivity contribution in [3.8, 4) is 6.01 Å². The first-order valence-corrected chi connectivity index (χ1v) is 6.12. The van der Waals surface area contributed by atoms with E-state index in [0.29, 0.717) is 25.0 Å². The fourth-order valence-corrected chi connectivity index (χ4v) is 1.38. The Morgan fingerprint density at radius 2 is 2.00 bits per heavy atom. The first-order valence-electron chi connectivity index (χ1n) is 6.12. The van der Waals surface area contributed by atoms with E-state index < -0.39 is 0 Å². The Bertz CT molecular complexity index is 426. The molecule has 1 aromatic heterocycles. The van der Waals surface area contributed by atoms with Crippen LogP contribution < -0.4 is 20.3 Å². The molecule has 8 heteroatoms. The fraction of sp³-hybridized carbons (Fsp3) is 0.636.